The molecule has 0 unspecified atom stereocenters. The molecule has 2 N–H and O–H groups in total. The van der Waals surface area contributed by atoms with Crippen LogP contribution >= 0.6 is 11.3 Å². The smallest absolute Gasteiger partial charge is 0.348 e. The first-order valence-corrected chi connectivity index (χ1v) is 9.89. The molecule has 0 radical (unpaired) electrons. The number of ether oxygens (including phenoxy) is 1. The number of H-pyrrole nitrogens is 1. The van der Waals surface area contributed by atoms with Crippen LogP contribution in [0.1, 0.15) is 66.6 Å². The molecule has 1 fully saturated rings. The third kappa shape index (κ3) is 3.62. The number of thiophene rings is 1. The minimum absolute atomic E-state index is 0.142. The van der Waals surface area contributed by atoms with E-state index in [1.54, 1.807) is 13.8 Å². The summed E-state index contributed by atoms with van der Waals surface area (Å²) in [5, 5.41) is 0.509. The number of hydrogen-bond acceptors (Lipinski definition) is 5. The van der Waals surface area contributed by atoms with Gasteiger partial charge in [-0.2, -0.15) is 0 Å². The maximum Gasteiger partial charge on any atom is 0.348 e. The van der Waals surface area contributed by atoms with Crippen molar-refractivity contribution in [1.29, 1.82) is 0 Å². The number of hydrogen-bond donors (Lipinski definition) is 2. The quantitative estimate of drug-likeness (QED) is 0.814. The Balaban J connectivity index is 1.98. The largest absolute Gasteiger partial charge is 0.462 e. The first kappa shape index (κ1) is 18.1. The molecule has 0 saturated carbocycles. The number of aromatic nitrogens is 2. The lowest BCUT2D eigenvalue weighted by Crippen LogP contribution is -3.11. The van der Waals surface area contributed by atoms with Gasteiger partial charge in [-0.3, -0.25) is 4.79 Å². The zero-order chi connectivity index (χ0) is 18.0. The first-order valence-electron chi connectivity index (χ1n) is 9.08. The number of carbonyl (C=O) groups is 1. The van der Waals surface area contributed by atoms with Gasteiger partial charge in [0.2, 0.25) is 0 Å². The standard InChI is InChI=1S/C18H25N3O3S/c1-4-24-18(23)14-11(2)13-16(22)19-15(20-17(13)25-14)12(3)21-9-7-5-6-8-10-21/h12H,4-10H2,1-3H3,(H,19,20,22)/p+1/t12-/m0/s1. The number of aromatic amines is 1. The zero-order valence-corrected chi connectivity index (χ0v) is 15.9. The van der Waals surface area contributed by atoms with Crippen molar-refractivity contribution in [2.24, 2.45) is 0 Å². The number of esters is 1. The second kappa shape index (κ2) is 7.66. The summed E-state index contributed by atoms with van der Waals surface area (Å²) in [6, 6.07) is 0.142. The molecule has 2 aromatic heterocycles. The number of likely N-dealkylation sites (tertiary alicyclic amines) is 1. The summed E-state index contributed by atoms with van der Waals surface area (Å²) in [7, 11) is 0. The van der Waals surface area contributed by atoms with Crippen molar-refractivity contribution in [3.8, 4) is 0 Å². The van der Waals surface area contributed by atoms with E-state index in [2.05, 4.69) is 11.9 Å². The minimum atomic E-state index is -0.379. The van der Waals surface area contributed by atoms with Gasteiger partial charge < -0.3 is 14.6 Å². The second-order valence-electron chi connectivity index (χ2n) is 6.70. The predicted molar refractivity (Wildman–Crippen MR) is 98.5 cm³/mol. The minimum Gasteiger partial charge on any atom is -0.462 e. The van der Waals surface area contributed by atoms with Crippen LogP contribution in [-0.2, 0) is 4.74 Å². The number of rotatable bonds is 4. The Bertz CT molecular complexity index is 819. The molecular weight excluding hydrogens is 338 g/mol. The lowest BCUT2D eigenvalue weighted by molar-refractivity contribution is -0.929. The van der Waals surface area contributed by atoms with Gasteiger partial charge in [0.25, 0.3) is 5.56 Å². The molecule has 1 aliphatic rings. The molecule has 0 bridgehead atoms. The number of nitrogens with one attached hydrogen (secondary N) is 2. The molecule has 0 spiro atoms. The SMILES string of the molecule is CCOC(=O)c1sc2nc([C@H](C)[NH+]3CCCCCC3)[nH]c(=O)c2c1C. The van der Waals surface area contributed by atoms with E-state index in [0.717, 1.165) is 13.1 Å². The average Bonchev–Trinajstić information content (AvgIpc) is 2.77. The summed E-state index contributed by atoms with van der Waals surface area (Å²) in [6.07, 6.45) is 5.01. The topological polar surface area (TPSA) is 76.5 Å². The average molecular weight is 364 g/mol. The van der Waals surface area contributed by atoms with E-state index < -0.39 is 0 Å². The lowest BCUT2D eigenvalue weighted by atomic mass is 10.2. The Kier molecular flexibility index (Phi) is 5.54. The van der Waals surface area contributed by atoms with Crippen molar-refractivity contribution in [1.82, 2.24) is 9.97 Å². The summed E-state index contributed by atoms with van der Waals surface area (Å²) in [6.45, 7) is 8.22. The van der Waals surface area contributed by atoms with Gasteiger partial charge in [0.15, 0.2) is 5.82 Å². The highest BCUT2D eigenvalue weighted by molar-refractivity contribution is 7.20. The normalized spacial score (nSPS) is 17.4. The molecule has 2 aromatic rings. The number of quaternary nitrogens is 1. The van der Waals surface area contributed by atoms with Crippen molar-refractivity contribution in [3.05, 3.63) is 26.6 Å². The number of nitrogens with zero attached hydrogens (tertiary/aromatic N) is 1. The summed E-state index contributed by atoms with van der Waals surface area (Å²) in [4.78, 5) is 34.9. The van der Waals surface area contributed by atoms with Crippen molar-refractivity contribution >= 4 is 27.5 Å². The molecule has 1 saturated heterocycles. The van der Waals surface area contributed by atoms with Gasteiger partial charge in [0.05, 0.1) is 25.1 Å². The molecule has 6 nitrogen and oxygen atoms in total. The van der Waals surface area contributed by atoms with E-state index in [4.69, 9.17) is 9.72 Å². The Morgan fingerprint density at radius 2 is 2.00 bits per heavy atom. The Morgan fingerprint density at radius 1 is 1.32 bits per heavy atom. The number of carbonyl (C=O) groups excluding carboxylic acids is 1. The molecule has 25 heavy (non-hydrogen) atoms. The van der Waals surface area contributed by atoms with E-state index in [-0.39, 0.29) is 17.6 Å². The lowest BCUT2D eigenvalue weighted by Gasteiger charge is -2.23. The van der Waals surface area contributed by atoms with Crippen LogP contribution < -0.4 is 10.5 Å². The summed E-state index contributed by atoms with van der Waals surface area (Å²) < 4.78 is 5.09. The molecule has 0 aliphatic carbocycles. The van der Waals surface area contributed by atoms with Crippen molar-refractivity contribution in [2.45, 2.75) is 52.5 Å². The van der Waals surface area contributed by atoms with Gasteiger partial charge in [0.1, 0.15) is 15.7 Å². The van der Waals surface area contributed by atoms with Crippen molar-refractivity contribution < 1.29 is 14.4 Å². The van der Waals surface area contributed by atoms with Gasteiger partial charge >= 0.3 is 5.97 Å². The maximum absolute atomic E-state index is 12.6. The first-order chi connectivity index (χ1) is 12.0. The number of aryl methyl sites for hydroxylation is 1. The highest BCUT2D eigenvalue weighted by Crippen LogP contribution is 2.28. The van der Waals surface area contributed by atoms with Crippen LogP contribution in [0.3, 0.4) is 0 Å². The monoisotopic (exact) mass is 364 g/mol. The summed E-state index contributed by atoms with van der Waals surface area (Å²) in [5.74, 6) is 0.334. The van der Waals surface area contributed by atoms with Crippen LogP contribution in [0.15, 0.2) is 4.79 Å². The second-order valence-corrected chi connectivity index (χ2v) is 7.70. The maximum atomic E-state index is 12.6. The summed E-state index contributed by atoms with van der Waals surface area (Å²) in [5.41, 5.74) is 0.499. The molecule has 136 valence electrons. The van der Waals surface area contributed by atoms with E-state index >= 15 is 0 Å². The molecule has 0 amide bonds. The van der Waals surface area contributed by atoms with E-state index in [0.29, 0.717) is 33.1 Å². The molecule has 3 rings (SSSR count). The van der Waals surface area contributed by atoms with Crippen LogP contribution in [0.2, 0.25) is 0 Å². The molecule has 3 heterocycles. The molecular formula is C18H26N3O3S+. The van der Waals surface area contributed by atoms with Crippen LogP contribution in [0, 0.1) is 6.92 Å². The highest BCUT2D eigenvalue weighted by Gasteiger charge is 2.26. The van der Waals surface area contributed by atoms with Crippen molar-refractivity contribution in [3.63, 3.8) is 0 Å². The van der Waals surface area contributed by atoms with Crippen LogP contribution in [0.5, 0.6) is 0 Å². The molecule has 0 aromatic carbocycles. The van der Waals surface area contributed by atoms with Crippen LogP contribution in [0.25, 0.3) is 10.2 Å². The molecule has 1 atom stereocenters. The van der Waals surface area contributed by atoms with E-state index in [1.165, 1.54) is 41.9 Å². The fourth-order valence-electron chi connectivity index (χ4n) is 3.57. The fraction of sp³-hybridized carbons (Fsp3) is 0.611. The Hall–Kier alpha value is -1.73. The van der Waals surface area contributed by atoms with E-state index in [9.17, 15) is 9.59 Å². The summed E-state index contributed by atoms with van der Waals surface area (Å²) >= 11 is 1.25. The van der Waals surface area contributed by atoms with Gasteiger partial charge in [-0.05, 0) is 52.0 Å². The van der Waals surface area contributed by atoms with Crippen LogP contribution in [-0.4, -0.2) is 35.6 Å². The van der Waals surface area contributed by atoms with Gasteiger partial charge in [0, 0.05) is 0 Å². The molecule has 1 aliphatic heterocycles. The third-order valence-corrected chi connectivity index (χ3v) is 6.21. The highest BCUT2D eigenvalue weighted by atomic mass is 32.1. The molecule has 7 heteroatoms. The van der Waals surface area contributed by atoms with Crippen LogP contribution in [0.4, 0.5) is 0 Å². The number of fused-ring (bicyclic) bond motifs is 1. The van der Waals surface area contributed by atoms with Gasteiger partial charge in [-0.25, -0.2) is 9.78 Å². The van der Waals surface area contributed by atoms with Gasteiger partial charge in [-0.1, -0.05) is 0 Å². The van der Waals surface area contributed by atoms with E-state index in [1.807, 2.05) is 0 Å². The Labute approximate surface area is 151 Å². The Morgan fingerprint density at radius 3 is 2.64 bits per heavy atom. The van der Waals surface area contributed by atoms with Gasteiger partial charge in [-0.15, -0.1) is 11.3 Å². The third-order valence-electron chi connectivity index (χ3n) is 5.05. The zero-order valence-electron chi connectivity index (χ0n) is 15.1. The predicted octanol–water partition coefficient (Wildman–Crippen LogP) is 1.99. The fourth-order valence-corrected chi connectivity index (χ4v) is 4.65. The van der Waals surface area contributed by atoms with Crippen molar-refractivity contribution in [2.75, 3.05) is 19.7 Å².